The third kappa shape index (κ3) is 4.42. The van der Waals surface area contributed by atoms with Crippen molar-refractivity contribution in [2.45, 2.75) is 25.7 Å². The van der Waals surface area contributed by atoms with Crippen LogP contribution in [0.25, 0.3) is 10.9 Å². The van der Waals surface area contributed by atoms with Crippen LogP contribution in [0.3, 0.4) is 0 Å². The number of aromatic amines is 1. The smallest absolute Gasteiger partial charge is 0.251 e. The first-order valence-electron chi connectivity index (χ1n) is 9.74. The molecule has 1 saturated heterocycles. The number of hydrogen-bond acceptors (Lipinski definition) is 4. The number of anilines is 1. The number of hydrogen-bond donors (Lipinski definition) is 5. The summed E-state index contributed by atoms with van der Waals surface area (Å²) in [6.45, 7) is 4.28. The SMILES string of the molecule is CNC(=O)c1ccc2c(C(=N)NCCCN3CCCCC3)c(NC)[nH]c2c1. The van der Waals surface area contributed by atoms with Crippen LogP contribution in [-0.4, -0.2) is 61.9 Å². The van der Waals surface area contributed by atoms with E-state index < -0.39 is 0 Å². The van der Waals surface area contributed by atoms with Crippen LogP contribution in [-0.2, 0) is 0 Å². The minimum Gasteiger partial charge on any atom is -0.374 e. The van der Waals surface area contributed by atoms with Gasteiger partial charge < -0.3 is 25.8 Å². The number of nitrogens with zero attached hydrogens (tertiary/aromatic N) is 1. The van der Waals surface area contributed by atoms with E-state index >= 15 is 0 Å². The molecule has 0 radical (unpaired) electrons. The van der Waals surface area contributed by atoms with Crippen molar-refractivity contribution in [3.05, 3.63) is 29.3 Å². The Kier molecular flexibility index (Phi) is 6.34. The van der Waals surface area contributed by atoms with E-state index in [1.54, 1.807) is 13.1 Å². The fourth-order valence-corrected chi connectivity index (χ4v) is 3.72. The number of amides is 1. The molecule has 1 aliphatic heterocycles. The Labute approximate surface area is 160 Å². The molecule has 3 rings (SSSR count). The lowest BCUT2D eigenvalue weighted by molar-refractivity contribution is 0.0963. The van der Waals surface area contributed by atoms with Gasteiger partial charge in [-0.1, -0.05) is 12.5 Å². The van der Waals surface area contributed by atoms with Crippen LogP contribution >= 0.6 is 0 Å². The number of H-pyrrole nitrogens is 1. The topological polar surface area (TPSA) is 96.0 Å². The summed E-state index contributed by atoms with van der Waals surface area (Å²) >= 11 is 0. The summed E-state index contributed by atoms with van der Waals surface area (Å²) < 4.78 is 0. The molecule has 2 aromatic rings. The van der Waals surface area contributed by atoms with E-state index in [1.807, 2.05) is 19.2 Å². The van der Waals surface area contributed by atoms with Gasteiger partial charge in [0.1, 0.15) is 11.7 Å². The molecule has 0 saturated carbocycles. The highest BCUT2D eigenvalue weighted by molar-refractivity contribution is 6.13. The quantitative estimate of drug-likeness (QED) is 0.294. The van der Waals surface area contributed by atoms with Crippen LogP contribution < -0.4 is 16.0 Å². The van der Waals surface area contributed by atoms with Gasteiger partial charge in [-0.15, -0.1) is 0 Å². The molecule has 7 heteroatoms. The zero-order valence-electron chi connectivity index (χ0n) is 16.2. The molecule has 1 amide bonds. The second-order valence-corrected chi connectivity index (χ2v) is 7.02. The Bertz CT molecular complexity index is 806. The van der Waals surface area contributed by atoms with Gasteiger partial charge in [-0.25, -0.2) is 0 Å². The maximum Gasteiger partial charge on any atom is 0.251 e. The van der Waals surface area contributed by atoms with Crippen molar-refractivity contribution in [3.8, 4) is 0 Å². The van der Waals surface area contributed by atoms with Crippen molar-refractivity contribution in [2.24, 2.45) is 0 Å². The summed E-state index contributed by atoms with van der Waals surface area (Å²) in [6, 6.07) is 5.51. The minimum atomic E-state index is -0.120. The Hall–Kier alpha value is -2.54. The Morgan fingerprint density at radius 2 is 2.00 bits per heavy atom. The molecule has 0 spiro atoms. The highest BCUT2D eigenvalue weighted by Crippen LogP contribution is 2.27. The largest absolute Gasteiger partial charge is 0.374 e. The maximum absolute atomic E-state index is 11.9. The van der Waals surface area contributed by atoms with Crippen LogP contribution in [0.2, 0.25) is 0 Å². The Morgan fingerprint density at radius 3 is 2.70 bits per heavy atom. The molecule has 5 N–H and O–H groups in total. The van der Waals surface area contributed by atoms with Crippen LogP contribution in [0.4, 0.5) is 5.82 Å². The fourth-order valence-electron chi connectivity index (χ4n) is 3.72. The van der Waals surface area contributed by atoms with Crippen molar-refractivity contribution >= 4 is 28.5 Å². The van der Waals surface area contributed by atoms with Gasteiger partial charge in [-0.05, 0) is 51.0 Å². The van der Waals surface area contributed by atoms with Gasteiger partial charge >= 0.3 is 0 Å². The Morgan fingerprint density at radius 1 is 1.22 bits per heavy atom. The summed E-state index contributed by atoms with van der Waals surface area (Å²) in [5.74, 6) is 1.06. The molecule has 0 bridgehead atoms. The van der Waals surface area contributed by atoms with Gasteiger partial charge in [0.2, 0.25) is 0 Å². The van der Waals surface area contributed by atoms with E-state index in [4.69, 9.17) is 5.41 Å². The molecule has 0 atom stereocenters. The third-order valence-corrected chi connectivity index (χ3v) is 5.19. The summed E-state index contributed by atoms with van der Waals surface area (Å²) in [5, 5.41) is 18.5. The van der Waals surface area contributed by atoms with E-state index in [2.05, 4.69) is 25.8 Å². The number of carbonyl (C=O) groups excluding carboxylic acids is 1. The number of nitrogens with one attached hydrogen (secondary N) is 5. The molecule has 0 unspecified atom stereocenters. The number of piperidine rings is 1. The monoisotopic (exact) mass is 370 g/mol. The summed E-state index contributed by atoms with van der Waals surface area (Å²) in [5.41, 5.74) is 2.26. The molecule has 7 nitrogen and oxygen atoms in total. The van der Waals surface area contributed by atoms with Gasteiger partial charge in [-0.2, -0.15) is 0 Å². The van der Waals surface area contributed by atoms with Crippen molar-refractivity contribution in [1.82, 2.24) is 20.5 Å². The molecule has 2 heterocycles. The first-order valence-corrected chi connectivity index (χ1v) is 9.74. The number of aromatic nitrogens is 1. The standard InChI is InChI=1S/C20H30N6O/c1-22-19-17(15-8-7-14(20(27)23-2)13-16(15)25-19)18(21)24-9-6-12-26-10-4-3-5-11-26/h7-8,13,22,25H,3-6,9-12H2,1-2H3,(H2,21,24)(H,23,27). The van der Waals surface area contributed by atoms with Crippen LogP contribution in [0, 0.1) is 5.41 Å². The van der Waals surface area contributed by atoms with Crippen molar-refractivity contribution in [3.63, 3.8) is 0 Å². The van der Waals surface area contributed by atoms with Gasteiger partial charge in [0, 0.05) is 37.1 Å². The average molecular weight is 371 g/mol. The lowest BCUT2D eigenvalue weighted by Gasteiger charge is -2.26. The highest BCUT2D eigenvalue weighted by atomic mass is 16.1. The first kappa shape index (κ1) is 19.2. The van der Waals surface area contributed by atoms with Crippen molar-refractivity contribution in [2.75, 3.05) is 45.6 Å². The molecule has 1 aromatic carbocycles. The van der Waals surface area contributed by atoms with Crippen molar-refractivity contribution < 1.29 is 4.79 Å². The number of benzene rings is 1. The van der Waals surface area contributed by atoms with E-state index in [1.165, 1.54) is 32.4 Å². The molecule has 0 aliphatic carbocycles. The van der Waals surface area contributed by atoms with E-state index in [0.29, 0.717) is 11.4 Å². The molecule has 146 valence electrons. The lowest BCUT2D eigenvalue weighted by atomic mass is 10.1. The zero-order chi connectivity index (χ0) is 19.2. The molecule has 27 heavy (non-hydrogen) atoms. The summed E-state index contributed by atoms with van der Waals surface area (Å²) in [6.07, 6.45) is 5.00. The maximum atomic E-state index is 11.9. The Balaban J connectivity index is 1.66. The van der Waals surface area contributed by atoms with Gasteiger partial charge in [-0.3, -0.25) is 10.2 Å². The third-order valence-electron chi connectivity index (χ3n) is 5.19. The lowest BCUT2D eigenvalue weighted by Crippen LogP contribution is -2.33. The molecular formula is C20H30N6O. The van der Waals surface area contributed by atoms with E-state index in [0.717, 1.165) is 41.8 Å². The predicted molar refractivity (Wildman–Crippen MR) is 111 cm³/mol. The molecular weight excluding hydrogens is 340 g/mol. The number of likely N-dealkylation sites (tertiary alicyclic amines) is 1. The second kappa shape index (κ2) is 8.90. The summed E-state index contributed by atoms with van der Waals surface area (Å²) in [7, 11) is 3.45. The van der Waals surface area contributed by atoms with Crippen molar-refractivity contribution in [1.29, 1.82) is 5.41 Å². The van der Waals surface area contributed by atoms with Crippen LogP contribution in [0.15, 0.2) is 18.2 Å². The van der Waals surface area contributed by atoms with Gasteiger partial charge in [0.05, 0.1) is 5.56 Å². The summed E-state index contributed by atoms with van der Waals surface area (Å²) in [4.78, 5) is 17.6. The highest BCUT2D eigenvalue weighted by Gasteiger charge is 2.17. The molecule has 1 aliphatic rings. The normalized spacial score (nSPS) is 14.9. The molecule has 1 fully saturated rings. The van der Waals surface area contributed by atoms with Gasteiger partial charge in [0.25, 0.3) is 5.91 Å². The number of fused-ring (bicyclic) bond motifs is 1. The van der Waals surface area contributed by atoms with E-state index in [9.17, 15) is 4.79 Å². The predicted octanol–water partition coefficient (Wildman–Crippen LogP) is 2.36. The van der Waals surface area contributed by atoms with Gasteiger partial charge in [0.15, 0.2) is 0 Å². The fraction of sp³-hybridized carbons (Fsp3) is 0.500. The van der Waals surface area contributed by atoms with Crippen LogP contribution in [0.1, 0.15) is 41.6 Å². The second-order valence-electron chi connectivity index (χ2n) is 7.02. The molecule has 1 aromatic heterocycles. The first-order chi connectivity index (χ1) is 13.1. The number of rotatable bonds is 7. The minimum absolute atomic E-state index is 0.120. The average Bonchev–Trinajstić information content (AvgIpc) is 3.09. The number of amidine groups is 1. The number of carbonyl (C=O) groups is 1. The van der Waals surface area contributed by atoms with Crippen LogP contribution in [0.5, 0.6) is 0 Å². The van der Waals surface area contributed by atoms with E-state index in [-0.39, 0.29) is 5.91 Å². The zero-order valence-corrected chi connectivity index (χ0v) is 16.2.